The van der Waals surface area contributed by atoms with E-state index >= 15 is 0 Å². The first-order valence-electron chi connectivity index (χ1n) is 14.1. The molecule has 0 saturated carbocycles. The molecule has 2 saturated heterocycles. The second-order valence-electron chi connectivity index (χ2n) is 10.7. The first-order chi connectivity index (χ1) is 19.3. The van der Waals surface area contributed by atoms with Crippen LogP contribution >= 0.6 is 0 Å². The third kappa shape index (κ3) is 8.21. The standard InChI is InChI=1S/C30H40N6O4/c31-23-13-9-21(10-14-23)19-35-17-3-5-25(29(35)39)33-27(37)7-1-2-8-28(38)34-26-6-4-18-36(30(26)40)20-22-11-15-24(32)16-12-22/h9-16,25-26H,1-8,17-20,31-32H2,(H,33,37)(H,34,38). The third-order valence-corrected chi connectivity index (χ3v) is 7.50. The number of carbonyl (C=O) groups is 4. The number of hydrogen-bond donors (Lipinski definition) is 4. The van der Waals surface area contributed by atoms with Crippen LogP contribution in [0.3, 0.4) is 0 Å². The average molecular weight is 549 g/mol. The Hall–Kier alpha value is -4.08. The minimum absolute atomic E-state index is 0.0709. The summed E-state index contributed by atoms with van der Waals surface area (Å²) < 4.78 is 0. The number of amides is 4. The minimum atomic E-state index is -0.521. The number of likely N-dealkylation sites (tertiary alicyclic amines) is 2. The maximum absolute atomic E-state index is 12.9. The maximum Gasteiger partial charge on any atom is 0.245 e. The summed E-state index contributed by atoms with van der Waals surface area (Å²) in [5.74, 6) is -0.514. The molecule has 2 aliphatic heterocycles. The van der Waals surface area contributed by atoms with Crippen molar-refractivity contribution in [1.29, 1.82) is 0 Å². The molecule has 4 rings (SSSR count). The van der Waals surface area contributed by atoms with Crippen molar-refractivity contribution in [2.24, 2.45) is 0 Å². The van der Waals surface area contributed by atoms with Crippen molar-refractivity contribution in [2.45, 2.75) is 76.5 Å². The summed E-state index contributed by atoms with van der Waals surface area (Å²) in [6.07, 6.45) is 4.42. The lowest BCUT2D eigenvalue weighted by atomic mass is 10.0. The van der Waals surface area contributed by atoms with Crippen molar-refractivity contribution in [3.05, 3.63) is 59.7 Å². The van der Waals surface area contributed by atoms with Crippen molar-refractivity contribution >= 4 is 35.0 Å². The molecular formula is C30H40N6O4. The van der Waals surface area contributed by atoms with Crippen LogP contribution in [0.25, 0.3) is 0 Å². The van der Waals surface area contributed by atoms with Crippen LogP contribution in [-0.4, -0.2) is 58.6 Å². The molecule has 0 radical (unpaired) electrons. The molecule has 2 atom stereocenters. The molecule has 2 heterocycles. The second kappa shape index (κ2) is 13.8. The number of benzene rings is 2. The van der Waals surface area contributed by atoms with Crippen LogP contribution in [0.2, 0.25) is 0 Å². The van der Waals surface area contributed by atoms with Gasteiger partial charge in [-0.25, -0.2) is 0 Å². The Morgan fingerprint density at radius 1 is 0.675 bits per heavy atom. The molecule has 0 aliphatic carbocycles. The fraction of sp³-hybridized carbons (Fsp3) is 0.467. The lowest BCUT2D eigenvalue weighted by Gasteiger charge is -2.33. The molecule has 2 aliphatic rings. The van der Waals surface area contributed by atoms with Crippen molar-refractivity contribution in [3.8, 4) is 0 Å². The molecule has 214 valence electrons. The van der Waals surface area contributed by atoms with Gasteiger partial charge in [-0.1, -0.05) is 24.3 Å². The van der Waals surface area contributed by atoms with Crippen molar-refractivity contribution in [2.75, 3.05) is 24.6 Å². The van der Waals surface area contributed by atoms with Gasteiger partial charge in [0.1, 0.15) is 12.1 Å². The number of rotatable bonds is 11. The number of piperidine rings is 2. The van der Waals surface area contributed by atoms with Gasteiger partial charge >= 0.3 is 0 Å². The third-order valence-electron chi connectivity index (χ3n) is 7.50. The molecular weight excluding hydrogens is 508 g/mol. The number of unbranched alkanes of at least 4 members (excludes halogenated alkanes) is 1. The Balaban J connectivity index is 1.14. The van der Waals surface area contributed by atoms with Crippen LogP contribution < -0.4 is 22.1 Å². The molecule has 2 aromatic rings. The Morgan fingerprint density at radius 2 is 1.05 bits per heavy atom. The van der Waals surface area contributed by atoms with E-state index in [1.807, 2.05) is 48.5 Å². The van der Waals surface area contributed by atoms with E-state index in [0.717, 1.165) is 24.0 Å². The zero-order valence-electron chi connectivity index (χ0n) is 22.9. The number of carbonyl (C=O) groups excluding carboxylic acids is 4. The largest absolute Gasteiger partial charge is 0.399 e. The van der Waals surface area contributed by atoms with Crippen molar-refractivity contribution in [3.63, 3.8) is 0 Å². The van der Waals surface area contributed by atoms with Gasteiger partial charge in [-0.3, -0.25) is 19.2 Å². The summed E-state index contributed by atoms with van der Waals surface area (Å²) in [4.78, 5) is 54.4. The van der Waals surface area contributed by atoms with Crippen LogP contribution in [0.1, 0.15) is 62.5 Å². The summed E-state index contributed by atoms with van der Waals surface area (Å²) in [7, 11) is 0. The van der Waals surface area contributed by atoms with Crippen LogP contribution in [-0.2, 0) is 32.3 Å². The molecule has 2 unspecified atom stereocenters. The highest BCUT2D eigenvalue weighted by molar-refractivity contribution is 5.89. The van der Waals surface area contributed by atoms with Gasteiger partial charge < -0.3 is 31.9 Å². The topological polar surface area (TPSA) is 151 Å². The lowest BCUT2D eigenvalue weighted by molar-refractivity contribution is -0.139. The quantitative estimate of drug-likeness (QED) is 0.250. The van der Waals surface area contributed by atoms with Gasteiger partial charge in [-0.05, 0) is 73.9 Å². The zero-order valence-corrected chi connectivity index (χ0v) is 22.9. The van der Waals surface area contributed by atoms with E-state index in [4.69, 9.17) is 11.5 Å². The molecule has 0 bridgehead atoms. The Kier molecular flexibility index (Phi) is 9.99. The summed E-state index contributed by atoms with van der Waals surface area (Å²) in [5.41, 5.74) is 14.8. The van der Waals surface area contributed by atoms with Crippen LogP contribution in [0.15, 0.2) is 48.5 Å². The monoisotopic (exact) mass is 548 g/mol. The summed E-state index contributed by atoms with van der Waals surface area (Å²) in [5, 5.41) is 5.75. The van der Waals surface area contributed by atoms with Gasteiger partial charge in [-0.15, -0.1) is 0 Å². The smallest absolute Gasteiger partial charge is 0.245 e. The fourth-order valence-electron chi connectivity index (χ4n) is 5.25. The number of nitrogen functional groups attached to an aromatic ring is 2. The van der Waals surface area contributed by atoms with E-state index in [2.05, 4.69) is 10.6 Å². The first kappa shape index (κ1) is 28.9. The van der Waals surface area contributed by atoms with Gasteiger partial charge in [0.25, 0.3) is 0 Å². The Labute approximate surface area is 235 Å². The van der Waals surface area contributed by atoms with E-state index in [0.29, 0.717) is 63.2 Å². The second-order valence-corrected chi connectivity index (χ2v) is 10.7. The summed E-state index contributed by atoms with van der Waals surface area (Å²) in [6.45, 7) is 2.30. The molecule has 0 spiro atoms. The highest BCUT2D eigenvalue weighted by Gasteiger charge is 2.31. The van der Waals surface area contributed by atoms with Crippen LogP contribution in [0, 0.1) is 0 Å². The summed E-state index contributed by atoms with van der Waals surface area (Å²) >= 11 is 0. The van der Waals surface area contributed by atoms with E-state index < -0.39 is 12.1 Å². The first-order valence-corrected chi connectivity index (χ1v) is 14.1. The lowest BCUT2D eigenvalue weighted by Crippen LogP contribution is -2.52. The van der Waals surface area contributed by atoms with Gasteiger partial charge in [0, 0.05) is 50.4 Å². The Bertz CT molecular complexity index is 1090. The number of nitrogens with one attached hydrogen (secondary N) is 2. The molecule has 2 aromatic carbocycles. The highest BCUT2D eigenvalue weighted by atomic mass is 16.2. The van der Waals surface area contributed by atoms with E-state index in [-0.39, 0.29) is 36.5 Å². The van der Waals surface area contributed by atoms with Gasteiger partial charge in [-0.2, -0.15) is 0 Å². The molecule has 10 heteroatoms. The van der Waals surface area contributed by atoms with E-state index in [1.54, 1.807) is 9.80 Å². The maximum atomic E-state index is 12.9. The average Bonchev–Trinajstić information content (AvgIpc) is 2.93. The normalized spacial score (nSPS) is 19.4. The molecule has 0 aromatic heterocycles. The fourth-order valence-corrected chi connectivity index (χ4v) is 5.25. The zero-order chi connectivity index (χ0) is 28.5. The Morgan fingerprint density at radius 3 is 1.43 bits per heavy atom. The van der Waals surface area contributed by atoms with E-state index in [9.17, 15) is 19.2 Å². The molecule has 40 heavy (non-hydrogen) atoms. The molecule has 10 nitrogen and oxygen atoms in total. The van der Waals surface area contributed by atoms with Crippen LogP contribution in [0.5, 0.6) is 0 Å². The van der Waals surface area contributed by atoms with Crippen LogP contribution in [0.4, 0.5) is 11.4 Å². The van der Waals surface area contributed by atoms with Gasteiger partial charge in [0.15, 0.2) is 0 Å². The number of nitrogens with zero attached hydrogens (tertiary/aromatic N) is 2. The van der Waals surface area contributed by atoms with E-state index in [1.165, 1.54) is 0 Å². The molecule has 2 fully saturated rings. The predicted octanol–water partition coefficient (Wildman–Crippen LogP) is 2.33. The highest BCUT2D eigenvalue weighted by Crippen LogP contribution is 2.18. The van der Waals surface area contributed by atoms with Gasteiger partial charge in [0.2, 0.25) is 23.6 Å². The minimum Gasteiger partial charge on any atom is -0.399 e. The van der Waals surface area contributed by atoms with Crippen molar-refractivity contribution < 1.29 is 19.2 Å². The predicted molar refractivity (Wildman–Crippen MR) is 153 cm³/mol. The number of anilines is 2. The number of nitrogens with two attached hydrogens (primary N) is 2. The molecule has 6 N–H and O–H groups in total. The molecule has 4 amide bonds. The summed E-state index contributed by atoms with van der Waals surface area (Å²) in [6, 6.07) is 13.8. The van der Waals surface area contributed by atoms with Gasteiger partial charge in [0.05, 0.1) is 0 Å². The number of hydrogen-bond acceptors (Lipinski definition) is 6. The van der Waals surface area contributed by atoms with Crippen molar-refractivity contribution in [1.82, 2.24) is 20.4 Å². The SMILES string of the molecule is Nc1ccc(CN2CCCC(NC(=O)CCCCC(=O)NC3CCCN(Cc4ccc(N)cc4)C3=O)C2=O)cc1.